The van der Waals surface area contributed by atoms with Gasteiger partial charge in [0.2, 0.25) is 0 Å². The number of halogens is 3. The summed E-state index contributed by atoms with van der Waals surface area (Å²) in [6.45, 7) is 5.89. The monoisotopic (exact) mass is 323 g/mol. The minimum Gasteiger partial charge on any atom is -0.355 e. The van der Waals surface area contributed by atoms with Crippen LogP contribution in [0.2, 0.25) is 0 Å². The van der Waals surface area contributed by atoms with E-state index < -0.39 is 12.7 Å². The van der Waals surface area contributed by atoms with Crippen LogP contribution in [-0.4, -0.2) is 80.8 Å². The molecule has 0 saturated carbocycles. The summed E-state index contributed by atoms with van der Waals surface area (Å²) in [7, 11) is 3.72. The Morgan fingerprint density at radius 1 is 1.41 bits per heavy atom. The Morgan fingerprint density at radius 2 is 2.09 bits per heavy atom. The minimum atomic E-state index is -4.13. The van der Waals surface area contributed by atoms with Crippen molar-refractivity contribution in [3.05, 3.63) is 0 Å². The highest BCUT2D eigenvalue weighted by molar-refractivity contribution is 5.80. The molecule has 1 fully saturated rings. The van der Waals surface area contributed by atoms with E-state index in [-0.39, 0.29) is 6.04 Å². The second-order valence-electron chi connectivity index (χ2n) is 6.05. The Labute approximate surface area is 130 Å². The van der Waals surface area contributed by atoms with E-state index in [0.29, 0.717) is 31.5 Å². The summed E-state index contributed by atoms with van der Waals surface area (Å²) in [5.74, 6) is 0.649. The summed E-state index contributed by atoms with van der Waals surface area (Å²) in [5.41, 5.74) is 0. The first-order valence-electron chi connectivity index (χ1n) is 7.68. The molecule has 0 amide bonds. The maximum atomic E-state index is 12.4. The van der Waals surface area contributed by atoms with Crippen molar-refractivity contribution in [2.24, 2.45) is 4.99 Å². The summed E-state index contributed by atoms with van der Waals surface area (Å²) in [4.78, 5) is 7.77. The van der Waals surface area contributed by atoms with E-state index in [2.05, 4.69) is 41.4 Å². The van der Waals surface area contributed by atoms with Crippen molar-refractivity contribution in [3.63, 3.8) is 0 Å². The van der Waals surface area contributed by atoms with E-state index in [4.69, 9.17) is 0 Å². The van der Waals surface area contributed by atoms with Crippen LogP contribution in [-0.2, 0) is 0 Å². The first kappa shape index (κ1) is 19.0. The van der Waals surface area contributed by atoms with E-state index in [9.17, 15) is 13.2 Å². The van der Waals surface area contributed by atoms with Crippen LogP contribution in [0, 0.1) is 0 Å². The van der Waals surface area contributed by atoms with Crippen molar-refractivity contribution < 1.29 is 13.2 Å². The molecule has 2 N–H and O–H groups in total. The molecule has 0 aromatic rings. The van der Waals surface area contributed by atoms with Gasteiger partial charge in [-0.25, -0.2) is 0 Å². The van der Waals surface area contributed by atoms with E-state index in [1.54, 1.807) is 7.05 Å². The smallest absolute Gasteiger partial charge is 0.355 e. The third-order valence-electron chi connectivity index (χ3n) is 3.88. The highest BCUT2D eigenvalue weighted by atomic mass is 19.4. The number of rotatable bonds is 6. The highest BCUT2D eigenvalue weighted by Crippen LogP contribution is 2.19. The van der Waals surface area contributed by atoms with Crippen LogP contribution in [0.1, 0.15) is 20.3 Å². The zero-order valence-corrected chi connectivity index (χ0v) is 13.9. The first-order chi connectivity index (χ1) is 10.2. The molecular formula is C14H28F3N5. The lowest BCUT2D eigenvalue weighted by molar-refractivity contribution is -0.143. The molecule has 1 rings (SSSR count). The Bertz CT molecular complexity index is 357. The molecule has 1 unspecified atom stereocenters. The normalized spacial score (nSPS) is 21.0. The Kier molecular flexibility index (Phi) is 7.41. The largest absolute Gasteiger partial charge is 0.401 e. The zero-order chi connectivity index (χ0) is 16.8. The quantitative estimate of drug-likeness (QED) is 0.568. The van der Waals surface area contributed by atoms with Crippen LogP contribution in [0.3, 0.4) is 0 Å². The minimum absolute atomic E-state index is 0.0105. The third-order valence-corrected chi connectivity index (χ3v) is 3.88. The number of nitrogens with one attached hydrogen (secondary N) is 2. The molecule has 130 valence electrons. The Hall–Kier alpha value is -1.02. The van der Waals surface area contributed by atoms with E-state index in [0.717, 1.165) is 13.1 Å². The van der Waals surface area contributed by atoms with Gasteiger partial charge in [0.15, 0.2) is 5.96 Å². The van der Waals surface area contributed by atoms with Crippen LogP contribution in [0.15, 0.2) is 4.99 Å². The molecule has 1 atom stereocenters. The molecule has 0 bridgehead atoms. The molecule has 1 aliphatic rings. The number of likely N-dealkylation sites (tertiary alicyclic amines) is 1. The molecule has 1 saturated heterocycles. The lowest BCUT2D eigenvalue weighted by Gasteiger charge is -2.23. The van der Waals surface area contributed by atoms with Crippen LogP contribution in [0.5, 0.6) is 0 Å². The van der Waals surface area contributed by atoms with Crippen LogP contribution >= 0.6 is 0 Å². The van der Waals surface area contributed by atoms with Gasteiger partial charge in [-0.05, 0) is 27.3 Å². The van der Waals surface area contributed by atoms with Gasteiger partial charge in [-0.3, -0.25) is 9.89 Å². The van der Waals surface area contributed by atoms with Crippen LogP contribution < -0.4 is 10.6 Å². The predicted octanol–water partition coefficient (Wildman–Crippen LogP) is 1.13. The molecule has 0 spiro atoms. The van der Waals surface area contributed by atoms with Gasteiger partial charge in [-0.2, -0.15) is 13.2 Å². The average molecular weight is 323 g/mol. The summed E-state index contributed by atoms with van der Waals surface area (Å²) >= 11 is 0. The SMILES string of the molecule is CN=C(NCCN(C)C(C)C)NC1CCN(CC(F)(F)F)C1. The molecule has 8 heteroatoms. The topological polar surface area (TPSA) is 42.9 Å². The fourth-order valence-electron chi connectivity index (χ4n) is 2.34. The van der Waals surface area contributed by atoms with Crippen LogP contribution in [0.4, 0.5) is 13.2 Å². The molecule has 1 aliphatic heterocycles. The molecule has 0 aliphatic carbocycles. The third kappa shape index (κ3) is 7.31. The number of likely N-dealkylation sites (N-methyl/N-ethyl adjacent to an activating group) is 1. The van der Waals surface area contributed by atoms with Gasteiger partial charge in [-0.15, -0.1) is 0 Å². The van der Waals surface area contributed by atoms with Gasteiger partial charge in [0.05, 0.1) is 6.54 Å². The molecule has 0 aromatic heterocycles. The summed E-state index contributed by atoms with van der Waals surface area (Å²) < 4.78 is 37.1. The first-order valence-corrected chi connectivity index (χ1v) is 7.68. The lowest BCUT2D eigenvalue weighted by Crippen LogP contribution is -2.47. The lowest BCUT2D eigenvalue weighted by atomic mass is 10.3. The highest BCUT2D eigenvalue weighted by Gasteiger charge is 2.34. The van der Waals surface area contributed by atoms with Crippen molar-refractivity contribution in [2.45, 2.75) is 38.5 Å². The molecule has 5 nitrogen and oxygen atoms in total. The summed E-state index contributed by atoms with van der Waals surface area (Å²) in [6, 6.07) is 0.485. The van der Waals surface area contributed by atoms with E-state index >= 15 is 0 Å². The Balaban J connectivity index is 2.30. The average Bonchev–Trinajstić information content (AvgIpc) is 2.82. The van der Waals surface area contributed by atoms with Crippen molar-refractivity contribution in [1.29, 1.82) is 0 Å². The van der Waals surface area contributed by atoms with Gasteiger partial charge in [0.25, 0.3) is 0 Å². The molecule has 0 radical (unpaired) electrons. The van der Waals surface area contributed by atoms with Crippen molar-refractivity contribution >= 4 is 5.96 Å². The predicted molar refractivity (Wildman–Crippen MR) is 83.2 cm³/mol. The summed E-state index contributed by atoms with van der Waals surface area (Å²) in [6.07, 6.45) is -3.43. The number of guanidine groups is 1. The van der Waals surface area contributed by atoms with E-state index in [1.165, 1.54) is 4.90 Å². The second kappa shape index (κ2) is 8.57. The van der Waals surface area contributed by atoms with Crippen molar-refractivity contribution in [2.75, 3.05) is 46.8 Å². The maximum Gasteiger partial charge on any atom is 0.401 e. The molecular weight excluding hydrogens is 295 g/mol. The number of hydrogen-bond donors (Lipinski definition) is 2. The number of alkyl halides is 3. The maximum absolute atomic E-state index is 12.4. The second-order valence-corrected chi connectivity index (χ2v) is 6.05. The summed E-state index contributed by atoms with van der Waals surface area (Å²) in [5, 5.41) is 6.40. The Morgan fingerprint density at radius 3 is 2.64 bits per heavy atom. The van der Waals surface area contributed by atoms with Gasteiger partial charge >= 0.3 is 6.18 Å². The molecule has 22 heavy (non-hydrogen) atoms. The van der Waals surface area contributed by atoms with Crippen LogP contribution in [0.25, 0.3) is 0 Å². The van der Waals surface area contributed by atoms with Crippen molar-refractivity contribution in [3.8, 4) is 0 Å². The molecule has 1 heterocycles. The number of nitrogens with zero attached hydrogens (tertiary/aromatic N) is 3. The van der Waals surface area contributed by atoms with Gasteiger partial charge in [0.1, 0.15) is 0 Å². The standard InChI is InChI=1S/C14H28F3N5/c1-11(2)21(4)8-6-19-13(18-3)20-12-5-7-22(9-12)10-14(15,16)17/h11-12H,5-10H2,1-4H3,(H2,18,19,20). The van der Waals surface area contributed by atoms with Gasteiger partial charge < -0.3 is 15.5 Å². The fourth-order valence-corrected chi connectivity index (χ4v) is 2.34. The zero-order valence-electron chi connectivity index (χ0n) is 13.9. The van der Waals surface area contributed by atoms with Gasteiger partial charge in [-0.1, -0.05) is 0 Å². The molecule has 0 aromatic carbocycles. The number of hydrogen-bond acceptors (Lipinski definition) is 3. The van der Waals surface area contributed by atoms with E-state index in [1.807, 2.05) is 0 Å². The number of aliphatic imine (C=N–C) groups is 1. The van der Waals surface area contributed by atoms with Gasteiger partial charge in [0, 0.05) is 45.3 Å². The van der Waals surface area contributed by atoms with Crippen molar-refractivity contribution in [1.82, 2.24) is 20.4 Å². The fraction of sp³-hybridized carbons (Fsp3) is 0.929.